The Kier molecular flexibility index (Phi) is 4.44. The van der Waals surface area contributed by atoms with Crippen LogP contribution in [0.2, 0.25) is 0 Å². The molecular formula is C19H25F3N2O. The summed E-state index contributed by atoms with van der Waals surface area (Å²) >= 11 is 0. The van der Waals surface area contributed by atoms with E-state index in [0.717, 1.165) is 75.7 Å². The third kappa shape index (κ3) is 3.65. The van der Waals surface area contributed by atoms with Gasteiger partial charge in [-0.25, -0.2) is 0 Å². The van der Waals surface area contributed by atoms with Crippen molar-refractivity contribution >= 4 is 5.69 Å². The summed E-state index contributed by atoms with van der Waals surface area (Å²) in [7, 11) is 0. The van der Waals surface area contributed by atoms with Gasteiger partial charge in [0.2, 0.25) is 0 Å². The van der Waals surface area contributed by atoms with E-state index in [1.807, 2.05) is 0 Å². The standard InChI is InChI=1S/C19H25F3N2O/c20-19(21,22)16-1-2-17-15(11-16)12-18(23-17)5-7-24(8-6-18)13-14-3-9-25-10-4-14/h1-2,11,14,23H,3-10,12-13H2. The molecule has 25 heavy (non-hydrogen) atoms. The molecule has 0 amide bonds. The lowest BCUT2D eigenvalue weighted by atomic mass is 9.84. The molecule has 0 unspecified atom stereocenters. The SMILES string of the molecule is FC(F)(F)c1ccc2c(c1)CC1(CCN(CC3CCOCC3)CC1)N2. The molecule has 1 spiro atoms. The zero-order valence-corrected chi connectivity index (χ0v) is 14.4. The first kappa shape index (κ1) is 17.2. The number of hydrogen-bond acceptors (Lipinski definition) is 3. The minimum atomic E-state index is -4.27. The molecule has 0 bridgehead atoms. The van der Waals surface area contributed by atoms with Gasteiger partial charge in [-0.15, -0.1) is 0 Å². The number of fused-ring (bicyclic) bond motifs is 1. The van der Waals surface area contributed by atoms with Gasteiger partial charge in [0.15, 0.2) is 0 Å². The second-order valence-corrected chi connectivity index (χ2v) is 7.81. The van der Waals surface area contributed by atoms with Gasteiger partial charge in [0, 0.05) is 44.1 Å². The Balaban J connectivity index is 1.37. The van der Waals surface area contributed by atoms with Crippen LogP contribution in [0.15, 0.2) is 18.2 Å². The fraction of sp³-hybridized carbons (Fsp3) is 0.684. The van der Waals surface area contributed by atoms with Gasteiger partial charge in [-0.3, -0.25) is 0 Å². The number of hydrogen-bond donors (Lipinski definition) is 1. The molecule has 0 atom stereocenters. The van der Waals surface area contributed by atoms with E-state index in [1.165, 1.54) is 12.1 Å². The molecule has 0 radical (unpaired) electrons. The molecular weight excluding hydrogens is 329 g/mol. The lowest BCUT2D eigenvalue weighted by molar-refractivity contribution is -0.137. The van der Waals surface area contributed by atoms with Crippen molar-refractivity contribution in [3.05, 3.63) is 29.3 Å². The van der Waals surface area contributed by atoms with E-state index in [4.69, 9.17) is 4.74 Å². The number of ether oxygens (including phenoxy) is 1. The Morgan fingerprint density at radius 3 is 2.56 bits per heavy atom. The number of nitrogens with zero attached hydrogens (tertiary/aromatic N) is 1. The van der Waals surface area contributed by atoms with Gasteiger partial charge in [-0.2, -0.15) is 13.2 Å². The molecule has 0 aliphatic carbocycles. The number of piperidine rings is 1. The topological polar surface area (TPSA) is 24.5 Å². The average Bonchev–Trinajstić information content (AvgIpc) is 2.94. The molecule has 2 fully saturated rings. The molecule has 2 saturated heterocycles. The van der Waals surface area contributed by atoms with Gasteiger partial charge < -0.3 is 15.0 Å². The van der Waals surface area contributed by atoms with Gasteiger partial charge in [0.05, 0.1) is 5.56 Å². The second-order valence-electron chi connectivity index (χ2n) is 7.81. The summed E-state index contributed by atoms with van der Waals surface area (Å²) in [6.07, 6.45) is 0.713. The monoisotopic (exact) mass is 354 g/mol. The largest absolute Gasteiger partial charge is 0.416 e. The number of rotatable bonds is 2. The maximum atomic E-state index is 12.9. The van der Waals surface area contributed by atoms with Gasteiger partial charge in [-0.05, 0) is 61.8 Å². The summed E-state index contributed by atoms with van der Waals surface area (Å²) < 4.78 is 44.2. The van der Waals surface area contributed by atoms with Gasteiger partial charge in [0.1, 0.15) is 0 Å². The summed E-state index contributed by atoms with van der Waals surface area (Å²) in [6, 6.07) is 4.11. The molecule has 6 heteroatoms. The Bertz CT molecular complexity index is 618. The first-order valence-corrected chi connectivity index (χ1v) is 9.22. The third-order valence-electron chi connectivity index (χ3n) is 6.03. The number of anilines is 1. The maximum Gasteiger partial charge on any atom is 0.416 e. The molecule has 3 heterocycles. The lowest BCUT2D eigenvalue weighted by Gasteiger charge is -2.41. The van der Waals surface area contributed by atoms with Crippen molar-refractivity contribution in [2.45, 2.75) is 43.8 Å². The molecule has 0 aromatic heterocycles. The van der Waals surface area contributed by atoms with Crippen molar-refractivity contribution in [2.75, 3.05) is 38.2 Å². The molecule has 3 aliphatic rings. The zero-order chi connectivity index (χ0) is 17.5. The van der Waals surface area contributed by atoms with Crippen LogP contribution in [0, 0.1) is 5.92 Å². The summed E-state index contributed by atoms with van der Waals surface area (Å²) in [5, 5.41) is 3.54. The van der Waals surface area contributed by atoms with Crippen LogP contribution in [0.4, 0.5) is 18.9 Å². The van der Waals surface area contributed by atoms with Crippen LogP contribution in [0.5, 0.6) is 0 Å². The van der Waals surface area contributed by atoms with E-state index < -0.39 is 11.7 Å². The van der Waals surface area contributed by atoms with Gasteiger partial charge in [-0.1, -0.05) is 0 Å². The van der Waals surface area contributed by atoms with Crippen LogP contribution in [0.3, 0.4) is 0 Å². The van der Waals surface area contributed by atoms with E-state index in [9.17, 15) is 13.2 Å². The highest BCUT2D eigenvalue weighted by atomic mass is 19.4. The normalized spacial score (nSPS) is 24.3. The molecule has 3 nitrogen and oxygen atoms in total. The summed E-state index contributed by atoms with van der Waals surface area (Å²) in [5.74, 6) is 0.728. The minimum absolute atomic E-state index is 0.0568. The van der Waals surface area contributed by atoms with Crippen LogP contribution >= 0.6 is 0 Å². The van der Waals surface area contributed by atoms with Gasteiger partial charge >= 0.3 is 6.18 Å². The van der Waals surface area contributed by atoms with Crippen LogP contribution in [-0.2, 0) is 17.3 Å². The average molecular weight is 354 g/mol. The van der Waals surface area contributed by atoms with Crippen molar-refractivity contribution in [1.29, 1.82) is 0 Å². The van der Waals surface area contributed by atoms with Crippen LogP contribution in [0.25, 0.3) is 0 Å². The van der Waals surface area contributed by atoms with E-state index in [2.05, 4.69) is 10.2 Å². The first-order chi connectivity index (χ1) is 11.9. The summed E-state index contributed by atoms with van der Waals surface area (Å²) in [6.45, 7) is 4.92. The van der Waals surface area contributed by atoms with Crippen molar-refractivity contribution in [1.82, 2.24) is 4.90 Å². The highest BCUT2D eigenvalue weighted by Gasteiger charge is 2.41. The lowest BCUT2D eigenvalue weighted by Crippen LogP contribution is -2.49. The smallest absolute Gasteiger partial charge is 0.381 e. The van der Waals surface area contributed by atoms with Crippen molar-refractivity contribution in [2.24, 2.45) is 5.92 Å². The molecule has 1 N–H and O–H groups in total. The Labute approximate surface area is 146 Å². The maximum absolute atomic E-state index is 12.9. The quantitative estimate of drug-likeness (QED) is 0.871. The molecule has 4 rings (SSSR count). The summed E-state index contributed by atoms with van der Waals surface area (Å²) in [4.78, 5) is 2.52. The number of alkyl halides is 3. The van der Waals surface area contributed by atoms with Crippen LogP contribution in [-0.4, -0.2) is 43.3 Å². The number of halogens is 3. The number of nitrogens with one attached hydrogen (secondary N) is 1. The molecule has 1 aromatic carbocycles. The Morgan fingerprint density at radius 1 is 1.16 bits per heavy atom. The Hall–Kier alpha value is -1.27. The highest BCUT2D eigenvalue weighted by molar-refractivity contribution is 5.60. The van der Waals surface area contributed by atoms with E-state index in [0.29, 0.717) is 6.42 Å². The molecule has 3 aliphatic heterocycles. The van der Waals surface area contributed by atoms with Gasteiger partial charge in [0.25, 0.3) is 0 Å². The fourth-order valence-corrected chi connectivity index (χ4v) is 4.49. The zero-order valence-electron chi connectivity index (χ0n) is 14.4. The van der Waals surface area contributed by atoms with Crippen LogP contribution < -0.4 is 5.32 Å². The van der Waals surface area contributed by atoms with E-state index in [-0.39, 0.29) is 5.54 Å². The molecule has 138 valence electrons. The van der Waals surface area contributed by atoms with Crippen LogP contribution in [0.1, 0.15) is 36.8 Å². The first-order valence-electron chi connectivity index (χ1n) is 9.22. The van der Waals surface area contributed by atoms with Crippen molar-refractivity contribution < 1.29 is 17.9 Å². The number of likely N-dealkylation sites (tertiary alicyclic amines) is 1. The third-order valence-corrected chi connectivity index (χ3v) is 6.03. The predicted octanol–water partition coefficient (Wildman–Crippen LogP) is 3.93. The van der Waals surface area contributed by atoms with E-state index in [1.54, 1.807) is 6.07 Å². The second kappa shape index (κ2) is 6.47. The highest BCUT2D eigenvalue weighted by Crippen LogP contribution is 2.41. The molecule has 0 saturated carbocycles. The molecule has 1 aromatic rings. The number of benzene rings is 1. The summed E-state index contributed by atoms with van der Waals surface area (Å²) in [5.41, 5.74) is 1.10. The van der Waals surface area contributed by atoms with Crippen molar-refractivity contribution in [3.63, 3.8) is 0 Å². The fourth-order valence-electron chi connectivity index (χ4n) is 4.49. The van der Waals surface area contributed by atoms with E-state index >= 15 is 0 Å². The van der Waals surface area contributed by atoms with Crippen molar-refractivity contribution in [3.8, 4) is 0 Å². The predicted molar refractivity (Wildman–Crippen MR) is 90.7 cm³/mol. The Morgan fingerprint density at radius 2 is 1.88 bits per heavy atom. The minimum Gasteiger partial charge on any atom is -0.381 e.